The first-order valence-electron chi connectivity index (χ1n) is 7.53. The van der Waals surface area contributed by atoms with E-state index >= 15 is 0 Å². The van der Waals surface area contributed by atoms with Gasteiger partial charge in [-0.1, -0.05) is 31.3 Å². The Morgan fingerprint density at radius 3 is 2.61 bits per heavy atom. The lowest BCUT2D eigenvalue weighted by atomic mass is 10.1. The van der Waals surface area contributed by atoms with Gasteiger partial charge in [0.2, 0.25) is 11.0 Å². The van der Waals surface area contributed by atoms with E-state index in [1.807, 2.05) is 5.38 Å². The lowest BCUT2D eigenvalue weighted by molar-refractivity contribution is -0.117. The highest BCUT2D eigenvalue weighted by Gasteiger charge is 2.20. The molecule has 6 nitrogen and oxygen atoms in total. The van der Waals surface area contributed by atoms with Crippen LogP contribution >= 0.6 is 22.7 Å². The topological polar surface area (TPSA) is 84.0 Å². The first kappa shape index (κ1) is 17.6. The van der Waals surface area contributed by atoms with Crippen molar-refractivity contribution < 1.29 is 9.59 Å². The fraction of sp³-hybridized carbons (Fsp3) is 0.467. The summed E-state index contributed by atoms with van der Waals surface area (Å²) < 4.78 is 0. The number of aromatic nitrogens is 2. The SMILES string of the molecule is CCC(CC)c1nnc(NC(=O)C(C)NC(=O)c2cccs2)s1. The van der Waals surface area contributed by atoms with Gasteiger partial charge in [-0.2, -0.15) is 0 Å². The van der Waals surface area contributed by atoms with Crippen LogP contribution in [0.5, 0.6) is 0 Å². The summed E-state index contributed by atoms with van der Waals surface area (Å²) >= 11 is 2.72. The van der Waals surface area contributed by atoms with Crippen molar-refractivity contribution in [1.29, 1.82) is 0 Å². The number of hydrogen-bond acceptors (Lipinski definition) is 6. The van der Waals surface area contributed by atoms with E-state index in [4.69, 9.17) is 0 Å². The number of hydrogen-bond donors (Lipinski definition) is 2. The van der Waals surface area contributed by atoms with Crippen molar-refractivity contribution in [2.24, 2.45) is 0 Å². The lowest BCUT2D eigenvalue weighted by Crippen LogP contribution is -2.41. The van der Waals surface area contributed by atoms with Gasteiger partial charge >= 0.3 is 0 Å². The maximum absolute atomic E-state index is 12.2. The van der Waals surface area contributed by atoms with Gasteiger partial charge in [-0.05, 0) is 31.2 Å². The smallest absolute Gasteiger partial charge is 0.261 e. The van der Waals surface area contributed by atoms with Gasteiger partial charge in [-0.3, -0.25) is 14.9 Å². The molecule has 0 aliphatic rings. The molecule has 0 fully saturated rings. The third kappa shape index (κ3) is 4.59. The number of thiophene rings is 1. The molecule has 2 amide bonds. The lowest BCUT2D eigenvalue weighted by Gasteiger charge is -2.12. The van der Waals surface area contributed by atoms with Crippen molar-refractivity contribution in [3.8, 4) is 0 Å². The van der Waals surface area contributed by atoms with Crippen LogP contribution in [0.4, 0.5) is 5.13 Å². The number of nitrogens with zero attached hydrogens (tertiary/aromatic N) is 2. The predicted molar refractivity (Wildman–Crippen MR) is 93.1 cm³/mol. The van der Waals surface area contributed by atoms with Crippen molar-refractivity contribution in [3.63, 3.8) is 0 Å². The molecule has 2 rings (SSSR count). The van der Waals surface area contributed by atoms with Gasteiger partial charge in [-0.15, -0.1) is 21.5 Å². The molecule has 1 atom stereocenters. The van der Waals surface area contributed by atoms with Crippen molar-refractivity contribution in [3.05, 3.63) is 27.4 Å². The molecule has 2 heterocycles. The molecule has 2 aromatic rings. The molecule has 8 heteroatoms. The highest BCUT2D eigenvalue weighted by atomic mass is 32.1. The van der Waals surface area contributed by atoms with Crippen LogP contribution in [0.15, 0.2) is 17.5 Å². The van der Waals surface area contributed by atoms with Crippen LogP contribution in [0, 0.1) is 0 Å². The van der Waals surface area contributed by atoms with Crippen LogP contribution in [0.3, 0.4) is 0 Å². The number of anilines is 1. The van der Waals surface area contributed by atoms with E-state index in [0.717, 1.165) is 17.8 Å². The molecule has 2 N–H and O–H groups in total. The average molecular weight is 352 g/mol. The maximum Gasteiger partial charge on any atom is 0.261 e. The molecule has 1 unspecified atom stereocenters. The average Bonchev–Trinajstić information content (AvgIpc) is 3.20. The number of carbonyl (C=O) groups excluding carboxylic acids is 2. The second kappa shape index (κ2) is 8.16. The van der Waals surface area contributed by atoms with Crippen LogP contribution in [-0.2, 0) is 4.79 Å². The zero-order valence-corrected chi connectivity index (χ0v) is 15.0. The first-order chi connectivity index (χ1) is 11.0. The first-order valence-corrected chi connectivity index (χ1v) is 9.23. The van der Waals surface area contributed by atoms with E-state index < -0.39 is 6.04 Å². The molecule has 0 aliphatic heterocycles. The number of carbonyl (C=O) groups is 2. The number of rotatable bonds is 7. The molecule has 0 aromatic carbocycles. The zero-order valence-electron chi connectivity index (χ0n) is 13.3. The summed E-state index contributed by atoms with van der Waals surface area (Å²) in [6.45, 7) is 5.86. The Morgan fingerprint density at radius 1 is 1.26 bits per heavy atom. The van der Waals surface area contributed by atoms with Gasteiger partial charge in [0.25, 0.3) is 5.91 Å². The Bertz CT molecular complexity index is 650. The molecule has 0 aliphatic carbocycles. The van der Waals surface area contributed by atoms with Gasteiger partial charge in [0.05, 0.1) is 4.88 Å². The molecular formula is C15H20N4O2S2. The standard InChI is InChI=1S/C15H20N4O2S2/c1-4-10(5-2)14-18-19-15(23-14)17-12(20)9(3)16-13(21)11-7-6-8-22-11/h6-10H,4-5H2,1-3H3,(H,16,21)(H,17,19,20). The summed E-state index contributed by atoms with van der Waals surface area (Å²) in [5, 5.41) is 16.7. The van der Waals surface area contributed by atoms with Crippen molar-refractivity contribution in [1.82, 2.24) is 15.5 Å². The largest absolute Gasteiger partial charge is 0.340 e. The molecule has 0 spiro atoms. The zero-order chi connectivity index (χ0) is 16.8. The summed E-state index contributed by atoms with van der Waals surface area (Å²) in [6.07, 6.45) is 1.98. The Hall–Kier alpha value is -1.80. The minimum Gasteiger partial charge on any atom is -0.340 e. The number of nitrogens with one attached hydrogen (secondary N) is 2. The van der Waals surface area contributed by atoms with Gasteiger partial charge < -0.3 is 5.32 Å². The summed E-state index contributed by atoms with van der Waals surface area (Å²) in [7, 11) is 0. The highest BCUT2D eigenvalue weighted by Crippen LogP contribution is 2.28. The van der Waals surface area contributed by atoms with Gasteiger partial charge in [0, 0.05) is 5.92 Å². The normalized spacial score (nSPS) is 12.2. The Labute approximate surface area is 143 Å². The van der Waals surface area contributed by atoms with E-state index in [-0.39, 0.29) is 11.8 Å². The Morgan fingerprint density at radius 2 is 2.00 bits per heavy atom. The van der Waals surface area contributed by atoms with Gasteiger partial charge in [-0.25, -0.2) is 0 Å². The maximum atomic E-state index is 12.2. The summed E-state index contributed by atoms with van der Waals surface area (Å²) in [6, 6.07) is 2.87. The highest BCUT2D eigenvalue weighted by molar-refractivity contribution is 7.15. The van der Waals surface area contributed by atoms with Crippen molar-refractivity contribution in [2.75, 3.05) is 5.32 Å². The molecule has 124 valence electrons. The third-order valence-corrected chi connectivity index (χ3v) is 5.36. The summed E-state index contributed by atoms with van der Waals surface area (Å²) in [5.41, 5.74) is 0. The molecular weight excluding hydrogens is 332 g/mol. The van der Waals surface area contributed by atoms with Crippen molar-refractivity contribution >= 4 is 39.6 Å². The van der Waals surface area contributed by atoms with E-state index in [2.05, 4.69) is 34.7 Å². The van der Waals surface area contributed by atoms with Crippen molar-refractivity contribution in [2.45, 2.75) is 45.6 Å². The quantitative estimate of drug-likeness (QED) is 0.801. The minimum absolute atomic E-state index is 0.252. The second-order valence-corrected chi connectivity index (χ2v) is 7.08. The van der Waals surface area contributed by atoms with E-state index in [9.17, 15) is 9.59 Å². The van der Waals surface area contributed by atoms with Crippen LogP contribution in [0.25, 0.3) is 0 Å². The van der Waals surface area contributed by atoms with E-state index in [1.54, 1.807) is 19.1 Å². The molecule has 2 aromatic heterocycles. The van der Waals surface area contributed by atoms with Crippen LogP contribution in [0.2, 0.25) is 0 Å². The van der Waals surface area contributed by atoms with Crippen LogP contribution in [0.1, 0.15) is 54.2 Å². The summed E-state index contributed by atoms with van der Waals surface area (Å²) in [4.78, 5) is 24.7. The second-order valence-electron chi connectivity index (χ2n) is 5.12. The van der Waals surface area contributed by atoms with Gasteiger partial charge in [0.1, 0.15) is 11.0 Å². The molecule has 0 saturated heterocycles. The monoisotopic (exact) mass is 352 g/mol. The fourth-order valence-corrected chi connectivity index (χ4v) is 3.68. The van der Waals surface area contributed by atoms with E-state index in [1.165, 1.54) is 22.7 Å². The third-order valence-electron chi connectivity index (χ3n) is 3.49. The molecule has 0 bridgehead atoms. The van der Waals surface area contributed by atoms with Gasteiger partial charge in [0.15, 0.2) is 0 Å². The van der Waals surface area contributed by atoms with Crippen LogP contribution in [-0.4, -0.2) is 28.1 Å². The predicted octanol–water partition coefficient (Wildman–Crippen LogP) is 3.26. The Balaban J connectivity index is 1.92. The van der Waals surface area contributed by atoms with E-state index in [0.29, 0.717) is 15.9 Å². The number of amides is 2. The molecule has 0 saturated carbocycles. The molecule has 23 heavy (non-hydrogen) atoms. The summed E-state index contributed by atoms with van der Waals surface area (Å²) in [5.74, 6) is -0.186. The van der Waals surface area contributed by atoms with Crippen LogP contribution < -0.4 is 10.6 Å². The molecule has 0 radical (unpaired) electrons. The fourth-order valence-electron chi connectivity index (χ4n) is 2.04. The Kier molecular flexibility index (Phi) is 6.23. The minimum atomic E-state index is -0.648.